The van der Waals surface area contributed by atoms with Crippen molar-refractivity contribution in [3.05, 3.63) is 0 Å². The molecule has 0 amide bonds. The third-order valence-electron chi connectivity index (χ3n) is 2.24. The summed E-state index contributed by atoms with van der Waals surface area (Å²) in [6.45, 7) is 10.2. The molecule has 2 nitrogen and oxygen atoms in total. The van der Waals surface area contributed by atoms with Gasteiger partial charge < -0.3 is 4.74 Å². The van der Waals surface area contributed by atoms with Crippen molar-refractivity contribution < 1.29 is 9.53 Å². The normalized spacial score (nSPS) is 12.5. The second-order valence-electron chi connectivity index (χ2n) is 5.47. The topological polar surface area (TPSA) is 26.3 Å². The highest BCUT2D eigenvalue weighted by Crippen LogP contribution is 2.09. The predicted molar refractivity (Wildman–Crippen MR) is 75.4 cm³/mol. The van der Waals surface area contributed by atoms with E-state index >= 15 is 0 Å². The monoisotopic (exact) mass is 254 g/mol. The number of hydrogen-bond acceptors (Lipinski definition) is 2. The van der Waals surface area contributed by atoms with Crippen molar-refractivity contribution in [2.75, 3.05) is 0 Å². The fourth-order valence-electron chi connectivity index (χ4n) is 1.41. The van der Waals surface area contributed by atoms with Gasteiger partial charge in [0.2, 0.25) is 0 Å². The van der Waals surface area contributed by atoms with Crippen molar-refractivity contribution in [1.82, 2.24) is 0 Å². The van der Waals surface area contributed by atoms with E-state index in [0.717, 1.165) is 12.8 Å². The Morgan fingerprint density at radius 2 is 1.88 bits per heavy atom. The summed E-state index contributed by atoms with van der Waals surface area (Å²) >= 11 is 0. The van der Waals surface area contributed by atoms with Crippen LogP contribution in [0.3, 0.4) is 0 Å². The van der Waals surface area contributed by atoms with Gasteiger partial charge in [-0.25, -0.2) is 0 Å². The molecule has 0 aromatic rings. The van der Waals surface area contributed by atoms with Crippen LogP contribution in [0.25, 0.3) is 0 Å². The molecule has 0 saturated heterocycles. The van der Waals surface area contributed by atoms with Crippen LogP contribution in [-0.4, -0.2) is 20.1 Å². The maximum Gasteiger partial charge on any atom is 0.303 e. The molecule has 98 valence electrons. The smallest absolute Gasteiger partial charge is 0.303 e. The van der Waals surface area contributed by atoms with Crippen LogP contribution in [0.15, 0.2) is 0 Å². The lowest BCUT2D eigenvalue weighted by Crippen LogP contribution is -2.20. The molecular weight excluding hydrogens is 228 g/mol. The summed E-state index contributed by atoms with van der Waals surface area (Å²) in [6, 6.07) is 0. The molecule has 0 bridgehead atoms. The van der Waals surface area contributed by atoms with E-state index in [2.05, 4.69) is 38.0 Å². The van der Waals surface area contributed by atoms with E-state index in [1.54, 1.807) is 0 Å². The van der Waals surface area contributed by atoms with Gasteiger partial charge in [0.1, 0.15) is 8.07 Å². The summed E-state index contributed by atoms with van der Waals surface area (Å²) in [7, 11) is -1.38. The quantitative estimate of drug-likeness (QED) is 0.312. The van der Waals surface area contributed by atoms with Gasteiger partial charge in [0.15, 0.2) is 6.10 Å². The highest BCUT2D eigenvalue weighted by Gasteiger charge is 2.11. The molecule has 0 aliphatic heterocycles. The zero-order valence-corrected chi connectivity index (χ0v) is 12.9. The molecule has 0 radical (unpaired) electrons. The third kappa shape index (κ3) is 11.5. The Labute approximate surface area is 107 Å². The molecule has 0 aromatic carbocycles. The van der Waals surface area contributed by atoms with E-state index in [-0.39, 0.29) is 12.1 Å². The number of esters is 1. The Morgan fingerprint density at radius 3 is 2.35 bits per heavy atom. The van der Waals surface area contributed by atoms with Gasteiger partial charge in [-0.15, -0.1) is 5.54 Å². The summed E-state index contributed by atoms with van der Waals surface area (Å²) in [5.74, 6) is 2.91. The fourth-order valence-corrected chi connectivity index (χ4v) is 2.01. The highest BCUT2D eigenvalue weighted by molar-refractivity contribution is 6.83. The summed E-state index contributed by atoms with van der Waals surface area (Å²) in [5.41, 5.74) is 3.28. The molecule has 0 aliphatic carbocycles. The number of rotatable bonds is 6. The SMILES string of the molecule is CCCCCC[C@H](C#C[Si](C)(C)C)OC(C)=O. The minimum Gasteiger partial charge on any atom is -0.449 e. The zero-order valence-electron chi connectivity index (χ0n) is 11.9. The van der Waals surface area contributed by atoms with E-state index in [0.29, 0.717) is 0 Å². The van der Waals surface area contributed by atoms with Crippen LogP contribution in [0.4, 0.5) is 0 Å². The van der Waals surface area contributed by atoms with Crippen molar-refractivity contribution in [3.8, 4) is 11.5 Å². The minimum atomic E-state index is -1.38. The molecular formula is C14H26O2Si. The molecule has 0 rings (SSSR count). The highest BCUT2D eigenvalue weighted by atomic mass is 28.3. The molecule has 17 heavy (non-hydrogen) atoms. The molecule has 0 aromatic heterocycles. The van der Waals surface area contributed by atoms with E-state index < -0.39 is 8.07 Å². The van der Waals surface area contributed by atoms with Gasteiger partial charge in [-0.2, -0.15) is 0 Å². The predicted octanol–water partition coefficient (Wildman–Crippen LogP) is 3.77. The second kappa shape index (κ2) is 8.35. The standard InChI is InChI=1S/C14H26O2Si/c1-6-7-8-9-10-14(16-13(2)15)11-12-17(3,4)5/h14H,6-10H2,1-5H3/t14-/m1/s1. The molecule has 0 aliphatic rings. The molecule has 0 saturated carbocycles. The van der Waals surface area contributed by atoms with Crippen molar-refractivity contribution >= 4 is 14.0 Å². The van der Waals surface area contributed by atoms with Gasteiger partial charge in [0.25, 0.3) is 0 Å². The van der Waals surface area contributed by atoms with E-state index in [1.807, 2.05) is 0 Å². The third-order valence-corrected chi connectivity index (χ3v) is 3.13. The first kappa shape index (κ1) is 16.2. The maximum atomic E-state index is 11.0. The van der Waals surface area contributed by atoms with Gasteiger partial charge in [0.05, 0.1) is 0 Å². The Kier molecular flexibility index (Phi) is 7.98. The average Bonchev–Trinajstić information content (AvgIpc) is 2.18. The first-order valence-electron chi connectivity index (χ1n) is 6.55. The van der Waals surface area contributed by atoms with Crippen molar-refractivity contribution in [2.45, 2.75) is 71.7 Å². The van der Waals surface area contributed by atoms with Crippen molar-refractivity contribution in [3.63, 3.8) is 0 Å². The lowest BCUT2D eigenvalue weighted by Gasteiger charge is -2.12. The zero-order chi connectivity index (χ0) is 13.3. The Balaban J connectivity index is 4.22. The molecule has 3 heteroatoms. The van der Waals surface area contributed by atoms with E-state index in [9.17, 15) is 4.79 Å². The van der Waals surface area contributed by atoms with Gasteiger partial charge in [0, 0.05) is 6.92 Å². The molecule has 0 heterocycles. The summed E-state index contributed by atoms with van der Waals surface area (Å²) in [6.07, 6.45) is 5.43. The first-order chi connectivity index (χ1) is 7.85. The lowest BCUT2D eigenvalue weighted by atomic mass is 10.1. The summed E-state index contributed by atoms with van der Waals surface area (Å²) < 4.78 is 5.24. The summed E-state index contributed by atoms with van der Waals surface area (Å²) in [4.78, 5) is 11.0. The lowest BCUT2D eigenvalue weighted by molar-refractivity contribution is -0.144. The van der Waals surface area contributed by atoms with E-state index in [4.69, 9.17) is 4.74 Å². The number of carbonyl (C=O) groups is 1. The number of hydrogen-bond donors (Lipinski definition) is 0. The van der Waals surface area contributed by atoms with Crippen LogP contribution in [0.2, 0.25) is 19.6 Å². The summed E-state index contributed by atoms with van der Waals surface area (Å²) in [5, 5.41) is 0. The van der Waals surface area contributed by atoms with Crippen LogP contribution in [0, 0.1) is 11.5 Å². The van der Waals surface area contributed by atoms with E-state index in [1.165, 1.54) is 26.2 Å². The maximum absolute atomic E-state index is 11.0. The van der Waals surface area contributed by atoms with Gasteiger partial charge >= 0.3 is 5.97 Å². The van der Waals surface area contributed by atoms with Crippen LogP contribution in [-0.2, 0) is 9.53 Å². The van der Waals surface area contributed by atoms with Crippen LogP contribution < -0.4 is 0 Å². The van der Waals surface area contributed by atoms with Crippen LogP contribution in [0.5, 0.6) is 0 Å². The average molecular weight is 254 g/mol. The van der Waals surface area contributed by atoms with Gasteiger partial charge in [-0.05, 0) is 12.8 Å². The number of unbranched alkanes of at least 4 members (excludes halogenated alkanes) is 3. The second-order valence-corrected chi connectivity index (χ2v) is 10.2. The van der Waals surface area contributed by atoms with Crippen LogP contribution in [0.1, 0.15) is 46.0 Å². The Bertz CT molecular complexity index is 281. The molecule has 0 unspecified atom stereocenters. The van der Waals surface area contributed by atoms with Gasteiger partial charge in [-0.1, -0.05) is 51.7 Å². The largest absolute Gasteiger partial charge is 0.449 e. The molecule has 0 spiro atoms. The first-order valence-corrected chi connectivity index (χ1v) is 10.0. The fraction of sp³-hybridized carbons (Fsp3) is 0.786. The molecule has 0 N–H and O–H groups in total. The Morgan fingerprint density at radius 1 is 1.24 bits per heavy atom. The number of ether oxygens (including phenoxy) is 1. The van der Waals surface area contributed by atoms with Crippen molar-refractivity contribution in [2.24, 2.45) is 0 Å². The van der Waals surface area contributed by atoms with Crippen molar-refractivity contribution in [1.29, 1.82) is 0 Å². The Hall–Kier alpha value is -0.753. The molecule has 1 atom stereocenters. The minimum absolute atomic E-state index is 0.198. The molecule has 0 fully saturated rings. The van der Waals surface area contributed by atoms with Gasteiger partial charge in [-0.3, -0.25) is 4.79 Å². The number of carbonyl (C=O) groups excluding carboxylic acids is 1. The van der Waals surface area contributed by atoms with Crippen LogP contribution >= 0.6 is 0 Å².